The fourth-order valence-electron chi connectivity index (χ4n) is 0.961. The molecule has 1 aromatic carbocycles. The number of hydrogen-bond donors (Lipinski definition) is 1. The second-order valence-electron chi connectivity index (χ2n) is 3.80. The molecule has 2 heteroatoms. The van der Waals surface area contributed by atoms with E-state index in [4.69, 9.17) is 5.11 Å². The highest BCUT2D eigenvalue weighted by atomic mass is 35.5. The number of aromatic hydroxyl groups is 1. The Morgan fingerprint density at radius 3 is 1.75 bits per heavy atom. The number of phenols is 1. The van der Waals surface area contributed by atoms with Gasteiger partial charge >= 0.3 is 0 Å². The fourth-order valence-corrected chi connectivity index (χ4v) is 0.961. The predicted molar refractivity (Wildman–Crippen MR) is 54.1 cm³/mol. The van der Waals surface area contributed by atoms with Crippen molar-refractivity contribution < 1.29 is 5.11 Å². The summed E-state index contributed by atoms with van der Waals surface area (Å²) in [5.41, 5.74) is 1.42. The number of phenolic OH excluding ortho intramolecular Hbond substituents is 1. The van der Waals surface area contributed by atoms with Crippen molar-refractivity contribution in [2.75, 3.05) is 0 Å². The molecule has 1 nitrogen and oxygen atoms in total. The Bertz CT molecular complexity index is 233. The van der Waals surface area contributed by atoms with Gasteiger partial charge in [-0.05, 0) is 23.1 Å². The molecule has 0 aliphatic rings. The molecule has 0 saturated carbocycles. The summed E-state index contributed by atoms with van der Waals surface area (Å²) in [6, 6.07) is 7.35. The smallest absolute Gasteiger partial charge is 0.115 e. The minimum Gasteiger partial charge on any atom is -0.508 e. The summed E-state index contributed by atoms with van der Waals surface area (Å²) in [7, 11) is 0. The largest absolute Gasteiger partial charge is 0.508 e. The number of halogens is 1. The van der Waals surface area contributed by atoms with Gasteiger partial charge in [0.1, 0.15) is 5.75 Å². The monoisotopic (exact) mass is 186 g/mol. The van der Waals surface area contributed by atoms with Crippen molar-refractivity contribution in [3.63, 3.8) is 0 Å². The van der Waals surface area contributed by atoms with Crippen LogP contribution in [0.3, 0.4) is 0 Å². The lowest BCUT2D eigenvalue weighted by molar-refractivity contribution is 0.474. The van der Waals surface area contributed by atoms with Crippen LogP contribution in [0.2, 0.25) is 0 Å². The van der Waals surface area contributed by atoms with Crippen molar-refractivity contribution in [2.45, 2.75) is 26.2 Å². The van der Waals surface area contributed by atoms with Crippen molar-refractivity contribution >= 4 is 12.4 Å². The SMILES string of the molecule is CC(C)(C)c1ccc(O)cc1.Cl. The lowest BCUT2D eigenvalue weighted by Crippen LogP contribution is -2.10. The van der Waals surface area contributed by atoms with Crippen LogP contribution < -0.4 is 0 Å². The summed E-state index contributed by atoms with van der Waals surface area (Å²) in [6.45, 7) is 6.46. The van der Waals surface area contributed by atoms with E-state index in [9.17, 15) is 0 Å². The molecule has 0 aromatic heterocycles. The first-order chi connectivity index (χ1) is 5.00. The van der Waals surface area contributed by atoms with Gasteiger partial charge < -0.3 is 5.11 Å². The van der Waals surface area contributed by atoms with Crippen LogP contribution in [0.1, 0.15) is 26.3 Å². The Morgan fingerprint density at radius 2 is 1.42 bits per heavy atom. The summed E-state index contributed by atoms with van der Waals surface area (Å²) >= 11 is 0. The van der Waals surface area contributed by atoms with Crippen LogP contribution in [0.4, 0.5) is 0 Å². The van der Waals surface area contributed by atoms with Gasteiger partial charge in [0.25, 0.3) is 0 Å². The topological polar surface area (TPSA) is 20.2 Å². The third-order valence-electron chi connectivity index (χ3n) is 1.73. The first-order valence-corrected chi connectivity index (χ1v) is 3.79. The third-order valence-corrected chi connectivity index (χ3v) is 1.73. The first kappa shape index (κ1) is 11.3. The molecule has 0 aliphatic carbocycles. The van der Waals surface area contributed by atoms with E-state index in [1.807, 2.05) is 12.1 Å². The van der Waals surface area contributed by atoms with Crippen LogP contribution in [0.5, 0.6) is 5.75 Å². The molecule has 0 amide bonds. The van der Waals surface area contributed by atoms with E-state index in [2.05, 4.69) is 20.8 Å². The van der Waals surface area contributed by atoms with Gasteiger partial charge in [-0.25, -0.2) is 0 Å². The molecule has 0 heterocycles. The average molecular weight is 187 g/mol. The number of benzene rings is 1. The van der Waals surface area contributed by atoms with E-state index >= 15 is 0 Å². The van der Waals surface area contributed by atoms with E-state index in [0.717, 1.165) is 0 Å². The fraction of sp³-hybridized carbons (Fsp3) is 0.400. The summed E-state index contributed by atoms with van der Waals surface area (Å²) in [4.78, 5) is 0. The van der Waals surface area contributed by atoms with Crippen molar-refractivity contribution in [2.24, 2.45) is 0 Å². The zero-order valence-corrected chi connectivity index (χ0v) is 8.48. The molecule has 0 radical (unpaired) electrons. The Labute approximate surface area is 79.8 Å². The zero-order chi connectivity index (χ0) is 8.48. The van der Waals surface area contributed by atoms with Gasteiger partial charge in [-0.3, -0.25) is 0 Å². The molecular weight excluding hydrogens is 172 g/mol. The molecule has 12 heavy (non-hydrogen) atoms. The first-order valence-electron chi connectivity index (χ1n) is 3.79. The maximum Gasteiger partial charge on any atom is 0.115 e. The standard InChI is InChI=1S/C10H14O.ClH/c1-10(2,3)8-4-6-9(11)7-5-8;/h4-7,11H,1-3H3;1H. The molecule has 1 rings (SSSR count). The van der Waals surface area contributed by atoms with Gasteiger partial charge in [0, 0.05) is 0 Å². The molecule has 68 valence electrons. The highest BCUT2D eigenvalue weighted by Gasteiger charge is 2.12. The maximum atomic E-state index is 9.02. The summed E-state index contributed by atoms with van der Waals surface area (Å²) in [5.74, 6) is 0.331. The zero-order valence-electron chi connectivity index (χ0n) is 7.66. The Balaban J connectivity index is 0.00000121. The summed E-state index contributed by atoms with van der Waals surface area (Å²) in [5, 5.41) is 9.02. The molecule has 0 aliphatic heterocycles. The number of rotatable bonds is 0. The van der Waals surface area contributed by atoms with Crippen LogP contribution >= 0.6 is 12.4 Å². The average Bonchev–Trinajstić information content (AvgIpc) is 1.86. The predicted octanol–water partition coefficient (Wildman–Crippen LogP) is 3.11. The van der Waals surface area contributed by atoms with Gasteiger partial charge in [-0.2, -0.15) is 0 Å². The minimum absolute atomic E-state index is 0. The molecule has 0 saturated heterocycles. The summed E-state index contributed by atoms with van der Waals surface area (Å²) in [6.07, 6.45) is 0. The van der Waals surface area contributed by atoms with Gasteiger partial charge in [-0.15, -0.1) is 12.4 Å². The van der Waals surface area contributed by atoms with Crippen LogP contribution in [0.15, 0.2) is 24.3 Å². The van der Waals surface area contributed by atoms with E-state index in [-0.39, 0.29) is 17.8 Å². The van der Waals surface area contributed by atoms with Gasteiger partial charge in [-0.1, -0.05) is 32.9 Å². The Kier molecular flexibility index (Phi) is 3.59. The molecular formula is C10H15ClO. The number of hydrogen-bond acceptors (Lipinski definition) is 1. The molecule has 1 aromatic rings. The highest BCUT2D eigenvalue weighted by molar-refractivity contribution is 5.85. The van der Waals surface area contributed by atoms with E-state index in [0.29, 0.717) is 5.75 Å². The normalized spacial score (nSPS) is 10.6. The molecule has 0 atom stereocenters. The molecule has 0 unspecified atom stereocenters. The second-order valence-corrected chi connectivity index (χ2v) is 3.80. The molecule has 0 bridgehead atoms. The van der Waals surface area contributed by atoms with Crippen molar-refractivity contribution in [1.82, 2.24) is 0 Å². The minimum atomic E-state index is 0. The van der Waals surface area contributed by atoms with E-state index < -0.39 is 0 Å². The van der Waals surface area contributed by atoms with Gasteiger partial charge in [0.15, 0.2) is 0 Å². The quantitative estimate of drug-likeness (QED) is 0.660. The highest BCUT2D eigenvalue weighted by Crippen LogP contribution is 2.23. The molecule has 1 N–H and O–H groups in total. The Morgan fingerprint density at radius 1 is 1.00 bits per heavy atom. The van der Waals surface area contributed by atoms with E-state index in [1.165, 1.54) is 5.56 Å². The van der Waals surface area contributed by atoms with Gasteiger partial charge in [0.05, 0.1) is 0 Å². The Hall–Kier alpha value is -0.690. The second kappa shape index (κ2) is 3.81. The van der Waals surface area contributed by atoms with E-state index in [1.54, 1.807) is 12.1 Å². The lowest BCUT2D eigenvalue weighted by atomic mass is 9.87. The van der Waals surface area contributed by atoms with Crippen LogP contribution in [0.25, 0.3) is 0 Å². The lowest BCUT2D eigenvalue weighted by Gasteiger charge is -2.18. The maximum absolute atomic E-state index is 9.02. The van der Waals surface area contributed by atoms with Crippen molar-refractivity contribution in [1.29, 1.82) is 0 Å². The van der Waals surface area contributed by atoms with Gasteiger partial charge in [0.2, 0.25) is 0 Å². The van der Waals surface area contributed by atoms with Crippen molar-refractivity contribution in [3.8, 4) is 5.75 Å². The summed E-state index contributed by atoms with van der Waals surface area (Å²) < 4.78 is 0. The molecule has 0 spiro atoms. The van der Waals surface area contributed by atoms with Crippen LogP contribution in [-0.2, 0) is 5.41 Å². The van der Waals surface area contributed by atoms with Crippen molar-refractivity contribution in [3.05, 3.63) is 29.8 Å². The third kappa shape index (κ3) is 2.74. The molecule has 0 fully saturated rings. The van der Waals surface area contributed by atoms with Crippen LogP contribution in [-0.4, -0.2) is 5.11 Å². The van der Waals surface area contributed by atoms with Crippen LogP contribution in [0, 0.1) is 0 Å².